The molecule has 0 radical (unpaired) electrons. The summed E-state index contributed by atoms with van der Waals surface area (Å²) < 4.78 is 26.4. The fourth-order valence-corrected chi connectivity index (χ4v) is 2.63. The summed E-state index contributed by atoms with van der Waals surface area (Å²) in [6.45, 7) is 3.69. The Kier molecular flexibility index (Phi) is 5.36. The number of rotatable bonds is 5. The van der Waals surface area contributed by atoms with E-state index < -0.39 is 11.6 Å². The van der Waals surface area contributed by atoms with E-state index in [1.807, 2.05) is 13.8 Å². The number of nitrogens with two attached hydrogens (primary N) is 1. The molecule has 0 aromatic heterocycles. The van der Waals surface area contributed by atoms with Crippen molar-refractivity contribution in [2.24, 2.45) is 11.7 Å². The minimum absolute atomic E-state index is 0.163. The van der Waals surface area contributed by atoms with Crippen LogP contribution in [0.5, 0.6) is 0 Å². The lowest BCUT2D eigenvalue weighted by atomic mass is 10.0. The molecule has 1 aromatic rings. The Bertz CT molecular complexity index is 374. The number of halogens is 2. The van der Waals surface area contributed by atoms with Crippen molar-refractivity contribution in [3.63, 3.8) is 0 Å². The average Bonchev–Trinajstić information content (AvgIpc) is 2.29. The number of thioether (sulfide) groups is 1. The first-order valence-electron chi connectivity index (χ1n) is 5.44. The molecule has 2 nitrogen and oxygen atoms in total. The molecule has 1 aromatic carbocycles. The van der Waals surface area contributed by atoms with E-state index in [4.69, 9.17) is 5.73 Å². The quantitative estimate of drug-likeness (QED) is 0.800. The molecule has 0 bridgehead atoms. The lowest BCUT2D eigenvalue weighted by molar-refractivity contribution is 0.269. The molecule has 0 heterocycles. The maximum Gasteiger partial charge on any atom is 0.136 e. The second-order valence-electron chi connectivity index (χ2n) is 4.23. The van der Waals surface area contributed by atoms with Crippen molar-refractivity contribution >= 4 is 11.8 Å². The smallest absolute Gasteiger partial charge is 0.136 e. The van der Waals surface area contributed by atoms with Crippen LogP contribution in [0.15, 0.2) is 23.1 Å². The van der Waals surface area contributed by atoms with Crippen molar-refractivity contribution in [1.29, 1.82) is 0 Å². The third kappa shape index (κ3) is 3.94. The topological polar surface area (TPSA) is 46.2 Å². The van der Waals surface area contributed by atoms with Crippen LogP contribution < -0.4 is 5.73 Å². The van der Waals surface area contributed by atoms with Crippen LogP contribution in [0.4, 0.5) is 8.78 Å². The molecule has 17 heavy (non-hydrogen) atoms. The summed E-state index contributed by atoms with van der Waals surface area (Å²) in [5.74, 6) is -0.828. The highest BCUT2D eigenvalue weighted by Gasteiger charge is 2.22. The monoisotopic (exact) mass is 261 g/mol. The standard InChI is InChI=1S/C12H17F2NOS/c1-7(2)12(15)11(6-16)17-10-5-8(13)3-4-9(10)14/h3-5,7,11-12,16H,6,15H2,1-2H3. The van der Waals surface area contributed by atoms with Gasteiger partial charge < -0.3 is 10.8 Å². The summed E-state index contributed by atoms with van der Waals surface area (Å²) in [6, 6.07) is 2.99. The fourth-order valence-electron chi connectivity index (χ4n) is 1.40. The van der Waals surface area contributed by atoms with Gasteiger partial charge in [-0.3, -0.25) is 0 Å². The Morgan fingerprint density at radius 1 is 1.35 bits per heavy atom. The lowest BCUT2D eigenvalue weighted by Gasteiger charge is -2.24. The molecule has 5 heteroatoms. The summed E-state index contributed by atoms with van der Waals surface area (Å²) in [5.41, 5.74) is 5.91. The maximum atomic E-state index is 13.4. The Morgan fingerprint density at radius 2 is 2.00 bits per heavy atom. The van der Waals surface area contributed by atoms with Crippen LogP contribution >= 0.6 is 11.8 Å². The third-order valence-corrected chi connectivity index (χ3v) is 3.88. The summed E-state index contributed by atoms with van der Waals surface area (Å²) in [7, 11) is 0. The van der Waals surface area contributed by atoms with Gasteiger partial charge in [-0.05, 0) is 24.1 Å². The van der Waals surface area contributed by atoms with Gasteiger partial charge in [-0.2, -0.15) is 0 Å². The Balaban J connectivity index is 2.83. The highest BCUT2D eigenvalue weighted by atomic mass is 32.2. The van der Waals surface area contributed by atoms with Gasteiger partial charge in [0.25, 0.3) is 0 Å². The Labute approximate surface area is 104 Å². The predicted molar refractivity (Wildman–Crippen MR) is 65.9 cm³/mol. The van der Waals surface area contributed by atoms with Gasteiger partial charge in [0.15, 0.2) is 0 Å². The van der Waals surface area contributed by atoms with Gasteiger partial charge in [-0.15, -0.1) is 11.8 Å². The molecule has 3 N–H and O–H groups in total. The van der Waals surface area contributed by atoms with Gasteiger partial charge in [0, 0.05) is 16.2 Å². The normalized spacial score (nSPS) is 15.0. The van der Waals surface area contributed by atoms with Gasteiger partial charge in [0.2, 0.25) is 0 Å². The van der Waals surface area contributed by atoms with Crippen LogP contribution in [-0.4, -0.2) is 23.0 Å². The van der Waals surface area contributed by atoms with Crippen molar-refractivity contribution in [1.82, 2.24) is 0 Å². The molecule has 0 amide bonds. The first-order valence-corrected chi connectivity index (χ1v) is 6.31. The maximum absolute atomic E-state index is 13.4. The lowest BCUT2D eigenvalue weighted by Crippen LogP contribution is -2.39. The molecule has 2 atom stereocenters. The summed E-state index contributed by atoms with van der Waals surface area (Å²) in [5, 5.41) is 8.91. The van der Waals surface area contributed by atoms with E-state index in [1.165, 1.54) is 0 Å². The molecule has 0 aliphatic carbocycles. The van der Waals surface area contributed by atoms with E-state index >= 15 is 0 Å². The zero-order valence-electron chi connectivity index (χ0n) is 9.86. The first-order chi connectivity index (χ1) is 7.95. The SMILES string of the molecule is CC(C)C(N)C(CO)Sc1cc(F)ccc1F. The molecular weight excluding hydrogens is 244 g/mol. The van der Waals surface area contributed by atoms with Crippen molar-refractivity contribution in [3.05, 3.63) is 29.8 Å². The predicted octanol–water partition coefficient (Wildman–Crippen LogP) is 2.40. The van der Waals surface area contributed by atoms with Gasteiger partial charge >= 0.3 is 0 Å². The molecule has 0 saturated carbocycles. The molecule has 1 rings (SSSR count). The van der Waals surface area contributed by atoms with Crippen LogP contribution in [0.2, 0.25) is 0 Å². The molecule has 96 valence electrons. The van der Waals surface area contributed by atoms with E-state index in [2.05, 4.69) is 0 Å². The molecule has 2 unspecified atom stereocenters. The van der Waals surface area contributed by atoms with Gasteiger partial charge in [0.1, 0.15) is 11.6 Å². The highest BCUT2D eigenvalue weighted by Crippen LogP contribution is 2.29. The third-order valence-electron chi connectivity index (χ3n) is 2.55. The molecule has 0 saturated heterocycles. The number of benzene rings is 1. The van der Waals surface area contributed by atoms with Crippen LogP contribution in [0.3, 0.4) is 0 Å². The largest absolute Gasteiger partial charge is 0.395 e. The second kappa shape index (κ2) is 6.33. The fraction of sp³-hybridized carbons (Fsp3) is 0.500. The zero-order chi connectivity index (χ0) is 13.0. The van der Waals surface area contributed by atoms with Crippen LogP contribution in [0.25, 0.3) is 0 Å². The van der Waals surface area contributed by atoms with E-state index in [0.717, 1.165) is 30.0 Å². The first kappa shape index (κ1) is 14.4. The Hall–Kier alpha value is -0.650. The number of hydrogen-bond donors (Lipinski definition) is 2. The van der Waals surface area contributed by atoms with E-state index in [1.54, 1.807) is 0 Å². The minimum atomic E-state index is -0.497. The Morgan fingerprint density at radius 3 is 2.53 bits per heavy atom. The number of aliphatic hydroxyl groups is 1. The molecule has 0 aliphatic rings. The van der Waals surface area contributed by atoms with E-state index in [0.29, 0.717) is 0 Å². The van der Waals surface area contributed by atoms with Gasteiger partial charge in [-0.25, -0.2) is 8.78 Å². The molecule has 0 aliphatic heterocycles. The second-order valence-corrected chi connectivity index (χ2v) is 5.52. The summed E-state index contributed by atoms with van der Waals surface area (Å²) in [6.07, 6.45) is 0. The van der Waals surface area contributed by atoms with Crippen molar-refractivity contribution in [2.75, 3.05) is 6.61 Å². The molecular formula is C12H17F2NOS. The minimum Gasteiger partial charge on any atom is -0.395 e. The van der Waals surface area contributed by atoms with Crippen LogP contribution in [0, 0.1) is 17.6 Å². The summed E-state index contributed by atoms with van der Waals surface area (Å²) >= 11 is 1.08. The van der Waals surface area contributed by atoms with E-state index in [-0.39, 0.29) is 28.7 Å². The molecule has 0 spiro atoms. The van der Waals surface area contributed by atoms with E-state index in [9.17, 15) is 13.9 Å². The highest BCUT2D eigenvalue weighted by molar-refractivity contribution is 8.00. The van der Waals surface area contributed by atoms with Crippen molar-refractivity contribution in [3.8, 4) is 0 Å². The van der Waals surface area contributed by atoms with Gasteiger partial charge in [-0.1, -0.05) is 13.8 Å². The van der Waals surface area contributed by atoms with Crippen molar-refractivity contribution < 1.29 is 13.9 Å². The zero-order valence-corrected chi connectivity index (χ0v) is 10.7. The number of hydrogen-bond acceptors (Lipinski definition) is 3. The summed E-state index contributed by atoms with van der Waals surface area (Å²) in [4.78, 5) is 0.181. The molecule has 0 fully saturated rings. The van der Waals surface area contributed by atoms with Crippen molar-refractivity contribution in [2.45, 2.75) is 30.0 Å². The number of aliphatic hydroxyl groups excluding tert-OH is 1. The van der Waals surface area contributed by atoms with Crippen LogP contribution in [-0.2, 0) is 0 Å². The van der Waals surface area contributed by atoms with Crippen LogP contribution in [0.1, 0.15) is 13.8 Å². The average molecular weight is 261 g/mol. The van der Waals surface area contributed by atoms with Gasteiger partial charge in [0.05, 0.1) is 6.61 Å².